The second-order valence-electron chi connectivity index (χ2n) is 4.62. The molecule has 108 valence electrons. The molecule has 0 saturated heterocycles. The van der Waals surface area contributed by atoms with Crippen LogP contribution in [0.15, 0.2) is 60.8 Å². The first kappa shape index (κ1) is 15.3. The van der Waals surface area contributed by atoms with Gasteiger partial charge in [0.2, 0.25) is 0 Å². The third-order valence-electron chi connectivity index (χ3n) is 3.21. The van der Waals surface area contributed by atoms with Crippen LogP contribution < -0.4 is 0 Å². The summed E-state index contributed by atoms with van der Waals surface area (Å²) in [5.74, 6) is 0.201. The summed E-state index contributed by atoms with van der Waals surface area (Å²) in [4.78, 5) is 4.20. The number of ether oxygens (including phenoxy) is 1. The van der Waals surface area contributed by atoms with Crippen molar-refractivity contribution in [3.63, 3.8) is 0 Å². The van der Waals surface area contributed by atoms with E-state index in [1.807, 2.05) is 48.5 Å². The molecule has 0 radical (unpaired) electrons. The minimum Gasteiger partial charge on any atom is -0.506 e. The second-order valence-corrected chi connectivity index (χ2v) is 4.62. The molecule has 1 N–H and O–H groups in total. The second kappa shape index (κ2) is 7.07. The minimum absolute atomic E-state index is 0. The fourth-order valence-electron chi connectivity index (χ4n) is 2.20. The lowest BCUT2D eigenvalue weighted by Crippen LogP contribution is -1.95. The van der Waals surface area contributed by atoms with Crippen LogP contribution in [0, 0.1) is 0 Å². The van der Waals surface area contributed by atoms with Crippen LogP contribution >= 0.6 is 12.4 Å². The number of hydrogen-bond donors (Lipinski definition) is 1. The average molecular weight is 302 g/mol. The molecule has 1 heterocycles. The molecule has 0 bridgehead atoms. The lowest BCUT2D eigenvalue weighted by atomic mass is 10.1. The normalized spacial score (nSPS) is 10.3. The summed E-state index contributed by atoms with van der Waals surface area (Å²) < 4.78 is 5.74. The maximum atomic E-state index is 9.80. The van der Waals surface area contributed by atoms with Crippen molar-refractivity contribution in [3.8, 4) is 5.75 Å². The van der Waals surface area contributed by atoms with E-state index in [0.717, 1.165) is 16.5 Å². The number of aromatic hydroxyl groups is 1. The zero-order valence-electron chi connectivity index (χ0n) is 11.4. The first-order valence-electron chi connectivity index (χ1n) is 6.52. The van der Waals surface area contributed by atoms with E-state index >= 15 is 0 Å². The van der Waals surface area contributed by atoms with Gasteiger partial charge in [0.25, 0.3) is 0 Å². The summed E-state index contributed by atoms with van der Waals surface area (Å²) in [7, 11) is 0. The van der Waals surface area contributed by atoms with E-state index in [1.165, 1.54) is 0 Å². The van der Waals surface area contributed by atoms with Crippen LogP contribution in [-0.2, 0) is 18.0 Å². The number of nitrogens with zero attached hydrogens (tertiary/aromatic N) is 1. The highest BCUT2D eigenvalue weighted by Crippen LogP contribution is 2.26. The van der Waals surface area contributed by atoms with Crippen molar-refractivity contribution < 1.29 is 9.84 Å². The molecule has 0 aliphatic rings. The van der Waals surface area contributed by atoms with Gasteiger partial charge in [-0.2, -0.15) is 0 Å². The number of phenols is 1. The lowest BCUT2D eigenvalue weighted by Gasteiger charge is -2.08. The van der Waals surface area contributed by atoms with E-state index < -0.39 is 0 Å². The van der Waals surface area contributed by atoms with E-state index in [2.05, 4.69) is 4.98 Å². The molecule has 0 amide bonds. The van der Waals surface area contributed by atoms with Crippen molar-refractivity contribution in [2.24, 2.45) is 0 Å². The van der Waals surface area contributed by atoms with Gasteiger partial charge in [-0.25, -0.2) is 0 Å². The zero-order chi connectivity index (χ0) is 13.8. The summed E-state index contributed by atoms with van der Waals surface area (Å²) in [5.41, 5.74) is 2.80. The summed E-state index contributed by atoms with van der Waals surface area (Å²) in [6.45, 7) is 1.07. The quantitative estimate of drug-likeness (QED) is 0.789. The zero-order valence-corrected chi connectivity index (χ0v) is 12.2. The highest BCUT2D eigenvalue weighted by molar-refractivity contribution is 5.87. The molecule has 0 unspecified atom stereocenters. The summed E-state index contributed by atoms with van der Waals surface area (Å²) in [6.07, 6.45) is 1.68. The number of aromatic nitrogens is 1. The Balaban J connectivity index is 0.00000161. The Hall–Kier alpha value is -2.10. The topological polar surface area (TPSA) is 42.4 Å². The van der Waals surface area contributed by atoms with Gasteiger partial charge in [-0.05, 0) is 23.3 Å². The molecule has 21 heavy (non-hydrogen) atoms. The van der Waals surface area contributed by atoms with Crippen LogP contribution in [0.25, 0.3) is 10.9 Å². The molecule has 0 aliphatic heterocycles. The van der Waals surface area contributed by atoms with Gasteiger partial charge in [0.15, 0.2) is 0 Å². The summed E-state index contributed by atoms with van der Waals surface area (Å²) in [5, 5.41) is 10.7. The molecule has 0 spiro atoms. The van der Waals surface area contributed by atoms with Gasteiger partial charge in [0, 0.05) is 11.6 Å². The van der Waals surface area contributed by atoms with Crippen molar-refractivity contribution in [2.75, 3.05) is 0 Å². The van der Waals surface area contributed by atoms with Gasteiger partial charge >= 0.3 is 0 Å². The molecule has 1 aromatic heterocycles. The number of benzene rings is 2. The molecule has 3 aromatic rings. The summed E-state index contributed by atoms with van der Waals surface area (Å²) >= 11 is 0. The number of halogens is 1. The van der Waals surface area contributed by atoms with Crippen molar-refractivity contribution in [2.45, 2.75) is 13.2 Å². The van der Waals surface area contributed by atoms with Crippen LogP contribution in [0.4, 0.5) is 0 Å². The van der Waals surface area contributed by atoms with E-state index in [1.54, 1.807) is 12.3 Å². The van der Waals surface area contributed by atoms with Crippen molar-refractivity contribution in [3.05, 3.63) is 71.9 Å². The molecule has 0 atom stereocenters. The van der Waals surface area contributed by atoms with Gasteiger partial charge in [0.1, 0.15) is 11.3 Å². The predicted molar refractivity (Wildman–Crippen MR) is 85.6 cm³/mol. The largest absolute Gasteiger partial charge is 0.506 e. The van der Waals surface area contributed by atoms with Crippen LogP contribution in [0.1, 0.15) is 11.1 Å². The number of pyridine rings is 1. The SMILES string of the molecule is Cl.Oc1ccc(COCc2ccccc2)c2cccnc12. The molecule has 3 rings (SSSR count). The molecule has 0 saturated carbocycles. The maximum absolute atomic E-state index is 9.80. The van der Waals surface area contributed by atoms with Crippen LogP contribution in [0.3, 0.4) is 0 Å². The summed E-state index contributed by atoms with van der Waals surface area (Å²) in [6, 6.07) is 17.4. The number of hydrogen-bond acceptors (Lipinski definition) is 3. The standard InChI is InChI=1S/C17H15NO2.ClH/c19-16-9-8-14(15-7-4-10-18-17(15)16)12-20-11-13-5-2-1-3-6-13;/h1-10,19H,11-12H2;1H. The van der Waals surface area contributed by atoms with Crippen molar-refractivity contribution in [1.29, 1.82) is 0 Å². The highest BCUT2D eigenvalue weighted by Gasteiger charge is 2.06. The number of rotatable bonds is 4. The Morgan fingerprint density at radius 1 is 0.905 bits per heavy atom. The smallest absolute Gasteiger partial charge is 0.141 e. The number of phenolic OH excluding ortho intramolecular Hbond substituents is 1. The van der Waals surface area contributed by atoms with Gasteiger partial charge in [-0.3, -0.25) is 4.98 Å². The Morgan fingerprint density at radius 2 is 1.71 bits per heavy atom. The molecule has 0 fully saturated rings. The lowest BCUT2D eigenvalue weighted by molar-refractivity contribution is 0.108. The fourth-order valence-corrected chi connectivity index (χ4v) is 2.20. The molecule has 4 heteroatoms. The fraction of sp³-hybridized carbons (Fsp3) is 0.118. The van der Waals surface area contributed by atoms with Gasteiger partial charge in [-0.1, -0.05) is 42.5 Å². The monoisotopic (exact) mass is 301 g/mol. The number of fused-ring (bicyclic) bond motifs is 1. The molecule has 2 aromatic carbocycles. The van der Waals surface area contributed by atoms with Crippen LogP contribution in [-0.4, -0.2) is 10.1 Å². The third-order valence-corrected chi connectivity index (χ3v) is 3.21. The average Bonchev–Trinajstić information content (AvgIpc) is 2.51. The first-order chi connectivity index (χ1) is 9.84. The van der Waals surface area contributed by atoms with Crippen LogP contribution in [0.5, 0.6) is 5.75 Å². The Morgan fingerprint density at radius 3 is 2.52 bits per heavy atom. The molecule has 0 aliphatic carbocycles. The van der Waals surface area contributed by atoms with Gasteiger partial charge in [0.05, 0.1) is 13.2 Å². The van der Waals surface area contributed by atoms with Crippen LogP contribution in [0.2, 0.25) is 0 Å². The Bertz CT molecular complexity index is 716. The highest BCUT2D eigenvalue weighted by atomic mass is 35.5. The van der Waals surface area contributed by atoms with Gasteiger partial charge in [-0.15, -0.1) is 12.4 Å². The van der Waals surface area contributed by atoms with Crippen molar-refractivity contribution >= 4 is 23.3 Å². The Labute approximate surface area is 129 Å². The van der Waals surface area contributed by atoms with E-state index in [4.69, 9.17) is 4.74 Å². The third kappa shape index (κ3) is 3.51. The maximum Gasteiger partial charge on any atom is 0.141 e. The molecule has 3 nitrogen and oxygen atoms in total. The minimum atomic E-state index is 0. The predicted octanol–water partition coefficient (Wildman–Crippen LogP) is 4.08. The molecular weight excluding hydrogens is 286 g/mol. The van der Waals surface area contributed by atoms with E-state index in [9.17, 15) is 5.11 Å². The van der Waals surface area contributed by atoms with Crippen molar-refractivity contribution in [1.82, 2.24) is 4.98 Å². The first-order valence-corrected chi connectivity index (χ1v) is 6.52. The van der Waals surface area contributed by atoms with E-state index in [0.29, 0.717) is 18.7 Å². The Kier molecular flexibility index (Phi) is 5.14. The molecular formula is C17H16ClNO2. The van der Waals surface area contributed by atoms with E-state index in [-0.39, 0.29) is 18.2 Å². The van der Waals surface area contributed by atoms with Gasteiger partial charge < -0.3 is 9.84 Å².